The van der Waals surface area contributed by atoms with Crippen molar-refractivity contribution in [1.29, 1.82) is 0 Å². The fraction of sp³-hybridized carbons (Fsp3) is 0.647. The average molecular weight is 369 g/mol. The smallest absolute Gasteiger partial charge is 0.407 e. The second-order valence-corrected chi connectivity index (χ2v) is 6.35. The first-order chi connectivity index (χ1) is 12.2. The van der Waals surface area contributed by atoms with Gasteiger partial charge < -0.3 is 19.5 Å². The third-order valence-electron chi connectivity index (χ3n) is 3.02. The first kappa shape index (κ1) is 21.5. The highest BCUT2D eigenvalue weighted by Crippen LogP contribution is 2.13. The lowest BCUT2D eigenvalue weighted by Gasteiger charge is -2.19. The second-order valence-electron chi connectivity index (χ2n) is 6.35. The molecule has 0 fully saturated rings. The minimum Gasteiger partial charge on any atom is -0.462 e. The lowest BCUT2D eigenvalue weighted by molar-refractivity contribution is 0.0469. The van der Waals surface area contributed by atoms with Gasteiger partial charge in [0.05, 0.1) is 19.4 Å². The highest BCUT2D eigenvalue weighted by Gasteiger charge is 2.25. The van der Waals surface area contributed by atoms with E-state index in [1.165, 1.54) is 10.9 Å². The van der Waals surface area contributed by atoms with Gasteiger partial charge in [0.2, 0.25) is 0 Å². The van der Waals surface area contributed by atoms with Gasteiger partial charge >= 0.3 is 18.0 Å². The lowest BCUT2D eigenvalue weighted by Crippen LogP contribution is -2.33. The first-order valence-electron chi connectivity index (χ1n) is 8.56. The molecule has 146 valence electrons. The molecule has 0 bridgehead atoms. The van der Waals surface area contributed by atoms with E-state index in [0.29, 0.717) is 19.5 Å². The van der Waals surface area contributed by atoms with E-state index in [1.807, 2.05) is 0 Å². The minimum absolute atomic E-state index is 0.0440. The van der Waals surface area contributed by atoms with Crippen LogP contribution in [-0.4, -0.2) is 53.2 Å². The minimum atomic E-state index is -0.645. The molecule has 0 saturated heterocycles. The van der Waals surface area contributed by atoms with Gasteiger partial charge in [-0.3, -0.25) is 4.68 Å². The molecule has 0 spiro atoms. The summed E-state index contributed by atoms with van der Waals surface area (Å²) in [6, 6.07) is 0. The monoisotopic (exact) mass is 369 g/mol. The molecule has 0 aliphatic carbocycles. The SMILES string of the molecule is CCOC(=O)c1cnn(CCCNC(=O)OC(C)(C)C)c1C(=O)OCC. The number of nitrogens with zero attached hydrogens (tertiary/aromatic N) is 2. The molecule has 1 aromatic heterocycles. The predicted molar refractivity (Wildman–Crippen MR) is 93.0 cm³/mol. The number of carbonyl (C=O) groups is 3. The van der Waals surface area contributed by atoms with Crippen molar-refractivity contribution >= 4 is 18.0 Å². The number of carbonyl (C=O) groups excluding carboxylic acids is 3. The fourth-order valence-electron chi connectivity index (χ4n) is 2.06. The van der Waals surface area contributed by atoms with Crippen molar-refractivity contribution in [1.82, 2.24) is 15.1 Å². The highest BCUT2D eigenvalue weighted by molar-refractivity contribution is 6.01. The van der Waals surface area contributed by atoms with Crippen molar-refractivity contribution in [2.75, 3.05) is 19.8 Å². The Kier molecular flexibility index (Phi) is 8.08. The van der Waals surface area contributed by atoms with Crippen LogP contribution in [0.25, 0.3) is 0 Å². The molecule has 1 amide bonds. The van der Waals surface area contributed by atoms with Crippen LogP contribution in [0.4, 0.5) is 4.79 Å². The Morgan fingerprint density at radius 1 is 1.12 bits per heavy atom. The normalized spacial score (nSPS) is 11.0. The van der Waals surface area contributed by atoms with Crippen LogP contribution in [0.5, 0.6) is 0 Å². The van der Waals surface area contributed by atoms with Crippen LogP contribution in [0.15, 0.2) is 6.20 Å². The zero-order valence-corrected chi connectivity index (χ0v) is 16.0. The van der Waals surface area contributed by atoms with Gasteiger partial charge in [-0.2, -0.15) is 5.10 Å². The van der Waals surface area contributed by atoms with Gasteiger partial charge in [0.1, 0.15) is 11.2 Å². The van der Waals surface area contributed by atoms with Crippen LogP contribution >= 0.6 is 0 Å². The van der Waals surface area contributed by atoms with Crippen molar-refractivity contribution in [3.05, 3.63) is 17.5 Å². The number of nitrogens with one attached hydrogen (secondary N) is 1. The average Bonchev–Trinajstić information content (AvgIpc) is 2.94. The van der Waals surface area contributed by atoms with Gasteiger partial charge in [-0.15, -0.1) is 0 Å². The largest absolute Gasteiger partial charge is 0.462 e. The number of ether oxygens (including phenoxy) is 3. The molecule has 0 atom stereocenters. The van der Waals surface area contributed by atoms with Gasteiger partial charge in [0, 0.05) is 13.1 Å². The molecule has 0 radical (unpaired) electrons. The Balaban J connectivity index is 2.72. The molecule has 0 saturated carbocycles. The van der Waals surface area contributed by atoms with Crippen LogP contribution in [0.2, 0.25) is 0 Å². The Morgan fingerprint density at radius 2 is 1.73 bits per heavy atom. The van der Waals surface area contributed by atoms with Crippen LogP contribution in [0.3, 0.4) is 0 Å². The van der Waals surface area contributed by atoms with E-state index in [4.69, 9.17) is 14.2 Å². The van der Waals surface area contributed by atoms with E-state index in [2.05, 4.69) is 10.4 Å². The van der Waals surface area contributed by atoms with Gasteiger partial charge in [0.25, 0.3) is 0 Å². The maximum atomic E-state index is 12.2. The standard InChI is InChI=1S/C17H27N3O6/c1-6-24-14(21)12-11-19-20(13(12)15(22)25-7-2)10-8-9-18-16(23)26-17(3,4)5/h11H,6-10H2,1-5H3,(H,18,23). The van der Waals surface area contributed by atoms with Gasteiger partial charge in [-0.1, -0.05) is 0 Å². The Hall–Kier alpha value is -2.58. The van der Waals surface area contributed by atoms with E-state index in [1.54, 1.807) is 34.6 Å². The number of aromatic nitrogens is 2. The second kappa shape index (κ2) is 9.79. The maximum Gasteiger partial charge on any atom is 0.407 e. The quantitative estimate of drug-likeness (QED) is 0.425. The molecule has 1 N–H and O–H groups in total. The molecule has 1 aromatic rings. The Bertz CT molecular complexity index is 633. The van der Waals surface area contributed by atoms with Gasteiger partial charge in [-0.25, -0.2) is 14.4 Å². The zero-order chi connectivity index (χ0) is 19.7. The van der Waals surface area contributed by atoms with E-state index < -0.39 is 23.6 Å². The number of aryl methyl sites for hydroxylation is 1. The molecule has 9 nitrogen and oxygen atoms in total. The highest BCUT2D eigenvalue weighted by atomic mass is 16.6. The Labute approximate surface area is 153 Å². The summed E-state index contributed by atoms with van der Waals surface area (Å²) < 4.78 is 16.5. The van der Waals surface area contributed by atoms with Crippen LogP contribution in [0, 0.1) is 0 Å². The molecule has 0 aromatic carbocycles. The molecular weight excluding hydrogens is 342 g/mol. The summed E-state index contributed by atoms with van der Waals surface area (Å²) >= 11 is 0. The molecule has 0 unspecified atom stereocenters. The van der Waals surface area contributed by atoms with Gasteiger partial charge in [-0.05, 0) is 41.0 Å². The van der Waals surface area contributed by atoms with E-state index in [9.17, 15) is 14.4 Å². The zero-order valence-electron chi connectivity index (χ0n) is 16.0. The molecule has 26 heavy (non-hydrogen) atoms. The summed E-state index contributed by atoms with van der Waals surface area (Å²) in [6.07, 6.45) is 1.25. The van der Waals surface area contributed by atoms with Gasteiger partial charge in [0.15, 0.2) is 5.69 Å². The number of esters is 2. The lowest BCUT2D eigenvalue weighted by atomic mass is 10.2. The van der Waals surface area contributed by atoms with Crippen molar-refractivity contribution < 1.29 is 28.6 Å². The summed E-state index contributed by atoms with van der Waals surface area (Å²) in [6.45, 7) is 9.67. The molecule has 1 heterocycles. The van der Waals surface area contributed by atoms with Crippen molar-refractivity contribution in [2.45, 2.75) is 53.2 Å². The molecule has 9 heteroatoms. The number of rotatable bonds is 8. The van der Waals surface area contributed by atoms with Crippen LogP contribution < -0.4 is 5.32 Å². The molecule has 0 aliphatic rings. The summed E-state index contributed by atoms with van der Waals surface area (Å²) in [5, 5.41) is 6.69. The van der Waals surface area contributed by atoms with Crippen molar-refractivity contribution in [2.24, 2.45) is 0 Å². The molecule has 1 rings (SSSR count). The number of hydrogen-bond donors (Lipinski definition) is 1. The number of amides is 1. The molecule has 0 aliphatic heterocycles. The summed E-state index contributed by atoms with van der Waals surface area (Å²) in [5.74, 6) is -1.28. The summed E-state index contributed by atoms with van der Waals surface area (Å²) in [4.78, 5) is 35.8. The number of alkyl carbamates (subject to hydrolysis) is 1. The third-order valence-corrected chi connectivity index (χ3v) is 3.02. The van der Waals surface area contributed by atoms with Crippen molar-refractivity contribution in [3.63, 3.8) is 0 Å². The predicted octanol–water partition coefficient (Wildman–Crippen LogP) is 2.15. The third kappa shape index (κ3) is 6.73. The first-order valence-corrected chi connectivity index (χ1v) is 8.56. The summed E-state index contributed by atoms with van der Waals surface area (Å²) in [7, 11) is 0. The van der Waals surface area contributed by atoms with E-state index in [0.717, 1.165) is 0 Å². The van der Waals surface area contributed by atoms with E-state index in [-0.39, 0.29) is 24.5 Å². The summed E-state index contributed by atoms with van der Waals surface area (Å²) in [5.41, 5.74) is -0.467. The number of hydrogen-bond acceptors (Lipinski definition) is 7. The van der Waals surface area contributed by atoms with Crippen LogP contribution in [0.1, 0.15) is 61.9 Å². The topological polar surface area (TPSA) is 109 Å². The molecular formula is C17H27N3O6. The van der Waals surface area contributed by atoms with E-state index >= 15 is 0 Å². The van der Waals surface area contributed by atoms with Crippen molar-refractivity contribution in [3.8, 4) is 0 Å². The maximum absolute atomic E-state index is 12.2. The van der Waals surface area contributed by atoms with Crippen LogP contribution in [-0.2, 0) is 20.8 Å². The Morgan fingerprint density at radius 3 is 2.31 bits per heavy atom. The fourth-order valence-corrected chi connectivity index (χ4v) is 2.06.